The van der Waals surface area contributed by atoms with E-state index in [1.54, 1.807) is 0 Å². The second-order valence-electron chi connectivity index (χ2n) is 5.33. The summed E-state index contributed by atoms with van der Waals surface area (Å²) in [6, 6.07) is 10.6. The molecule has 2 aromatic rings. The Morgan fingerprint density at radius 2 is 1.85 bits per heavy atom. The predicted octanol–water partition coefficient (Wildman–Crippen LogP) is 3.10. The van der Waals surface area contributed by atoms with Crippen molar-refractivity contribution in [2.45, 2.75) is 33.9 Å². The lowest BCUT2D eigenvalue weighted by atomic mass is 10.1. The second kappa shape index (κ2) is 6.06. The summed E-state index contributed by atoms with van der Waals surface area (Å²) in [7, 11) is 2.11. The van der Waals surface area contributed by atoms with Gasteiger partial charge in [-0.1, -0.05) is 24.3 Å². The van der Waals surface area contributed by atoms with Crippen molar-refractivity contribution < 1.29 is 0 Å². The van der Waals surface area contributed by atoms with E-state index in [0.717, 1.165) is 23.5 Å². The molecule has 3 heteroatoms. The molecular weight excluding hydrogens is 246 g/mol. The van der Waals surface area contributed by atoms with Crippen LogP contribution in [0.4, 0.5) is 5.69 Å². The lowest BCUT2D eigenvalue weighted by Gasteiger charge is -2.24. The number of nitrogens with zero attached hydrogens (tertiary/aromatic N) is 2. The third-order valence-corrected chi connectivity index (χ3v) is 3.72. The fraction of sp³-hybridized carbons (Fsp3) is 0.353. The lowest BCUT2D eigenvalue weighted by Crippen LogP contribution is -2.21. The molecule has 3 nitrogen and oxygen atoms in total. The van der Waals surface area contributed by atoms with E-state index < -0.39 is 0 Å². The van der Waals surface area contributed by atoms with Gasteiger partial charge in [-0.2, -0.15) is 0 Å². The van der Waals surface area contributed by atoms with E-state index in [0.29, 0.717) is 6.54 Å². The number of benzene rings is 1. The minimum atomic E-state index is 0.520. The van der Waals surface area contributed by atoms with E-state index in [2.05, 4.69) is 54.2 Å². The molecule has 0 atom stereocenters. The first-order valence-electron chi connectivity index (χ1n) is 6.95. The topological polar surface area (TPSA) is 42.1 Å². The Morgan fingerprint density at radius 3 is 2.50 bits per heavy atom. The van der Waals surface area contributed by atoms with E-state index >= 15 is 0 Å². The summed E-state index contributed by atoms with van der Waals surface area (Å²) in [5.41, 5.74) is 12.9. The van der Waals surface area contributed by atoms with Crippen LogP contribution in [0.15, 0.2) is 30.3 Å². The molecule has 0 fully saturated rings. The second-order valence-corrected chi connectivity index (χ2v) is 5.33. The molecule has 0 bridgehead atoms. The minimum Gasteiger partial charge on any atom is -0.370 e. The summed E-state index contributed by atoms with van der Waals surface area (Å²) in [4.78, 5) is 6.76. The minimum absolute atomic E-state index is 0.520. The molecule has 20 heavy (non-hydrogen) atoms. The zero-order valence-electron chi connectivity index (χ0n) is 12.8. The van der Waals surface area contributed by atoms with Crippen molar-refractivity contribution in [3.63, 3.8) is 0 Å². The van der Waals surface area contributed by atoms with Crippen LogP contribution in [0.25, 0.3) is 0 Å². The first kappa shape index (κ1) is 14.5. The van der Waals surface area contributed by atoms with Crippen molar-refractivity contribution in [3.8, 4) is 0 Å². The van der Waals surface area contributed by atoms with Crippen LogP contribution in [0.3, 0.4) is 0 Å². The Hall–Kier alpha value is -1.87. The SMILES string of the molecule is Cc1cc(N(C)Cc2ccccc2C)c(CN)c(C)n1. The maximum atomic E-state index is 5.90. The number of aryl methyl sites for hydroxylation is 3. The summed E-state index contributed by atoms with van der Waals surface area (Å²) in [5, 5.41) is 0. The summed E-state index contributed by atoms with van der Waals surface area (Å²) in [6.07, 6.45) is 0. The molecule has 0 amide bonds. The van der Waals surface area contributed by atoms with Gasteiger partial charge in [-0.05, 0) is 38.0 Å². The largest absolute Gasteiger partial charge is 0.370 e. The first-order chi connectivity index (χ1) is 9.52. The quantitative estimate of drug-likeness (QED) is 0.927. The van der Waals surface area contributed by atoms with Crippen molar-refractivity contribution in [1.29, 1.82) is 0 Å². The molecule has 0 radical (unpaired) electrons. The molecule has 0 saturated carbocycles. The maximum Gasteiger partial charge on any atom is 0.0448 e. The van der Waals surface area contributed by atoms with Gasteiger partial charge in [0.25, 0.3) is 0 Å². The van der Waals surface area contributed by atoms with Crippen molar-refractivity contribution in [3.05, 3.63) is 58.4 Å². The Balaban J connectivity index is 2.34. The molecule has 0 unspecified atom stereocenters. The molecule has 0 spiro atoms. The van der Waals surface area contributed by atoms with E-state index in [1.807, 2.05) is 13.8 Å². The first-order valence-corrected chi connectivity index (χ1v) is 6.95. The van der Waals surface area contributed by atoms with Crippen molar-refractivity contribution >= 4 is 5.69 Å². The molecule has 106 valence electrons. The van der Waals surface area contributed by atoms with Gasteiger partial charge in [-0.15, -0.1) is 0 Å². The summed E-state index contributed by atoms with van der Waals surface area (Å²) in [5.74, 6) is 0. The van der Waals surface area contributed by atoms with Gasteiger partial charge in [0, 0.05) is 42.8 Å². The van der Waals surface area contributed by atoms with Crippen LogP contribution in [0.5, 0.6) is 0 Å². The predicted molar refractivity (Wildman–Crippen MR) is 84.9 cm³/mol. The zero-order chi connectivity index (χ0) is 14.7. The number of nitrogens with two attached hydrogens (primary N) is 1. The van der Waals surface area contributed by atoms with E-state index in [4.69, 9.17) is 5.73 Å². The Bertz CT molecular complexity index is 605. The highest BCUT2D eigenvalue weighted by atomic mass is 15.1. The average molecular weight is 269 g/mol. The standard InChI is InChI=1S/C17H23N3/c1-12-7-5-6-8-15(12)11-20(4)17-9-13(2)19-14(3)16(17)10-18/h5-9H,10-11,18H2,1-4H3. The van der Waals surface area contributed by atoms with Gasteiger partial charge in [0.05, 0.1) is 0 Å². The van der Waals surface area contributed by atoms with Crippen molar-refractivity contribution in [2.75, 3.05) is 11.9 Å². The van der Waals surface area contributed by atoms with Crippen LogP contribution in [-0.2, 0) is 13.1 Å². The van der Waals surface area contributed by atoms with Gasteiger partial charge >= 0.3 is 0 Å². The molecule has 1 aromatic carbocycles. The van der Waals surface area contributed by atoms with E-state index in [9.17, 15) is 0 Å². The fourth-order valence-corrected chi connectivity index (χ4v) is 2.56. The van der Waals surface area contributed by atoms with E-state index in [-0.39, 0.29) is 0 Å². The van der Waals surface area contributed by atoms with Gasteiger partial charge in [0.2, 0.25) is 0 Å². The number of pyridine rings is 1. The summed E-state index contributed by atoms with van der Waals surface area (Å²) in [6.45, 7) is 7.60. The van der Waals surface area contributed by atoms with Gasteiger partial charge < -0.3 is 10.6 Å². The third-order valence-electron chi connectivity index (χ3n) is 3.72. The molecular formula is C17H23N3. The van der Waals surface area contributed by atoms with E-state index in [1.165, 1.54) is 16.8 Å². The molecule has 1 heterocycles. The number of rotatable bonds is 4. The molecule has 0 saturated heterocycles. The highest BCUT2D eigenvalue weighted by Gasteiger charge is 2.12. The Morgan fingerprint density at radius 1 is 1.15 bits per heavy atom. The monoisotopic (exact) mass is 269 g/mol. The van der Waals surface area contributed by atoms with Gasteiger partial charge in [0.15, 0.2) is 0 Å². The number of aromatic nitrogens is 1. The van der Waals surface area contributed by atoms with Crippen molar-refractivity contribution in [1.82, 2.24) is 4.98 Å². The van der Waals surface area contributed by atoms with Gasteiger partial charge in [-0.3, -0.25) is 4.98 Å². The van der Waals surface area contributed by atoms with Gasteiger partial charge in [0.1, 0.15) is 0 Å². The highest BCUT2D eigenvalue weighted by molar-refractivity contribution is 5.56. The number of anilines is 1. The van der Waals surface area contributed by atoms with Crippen LogP contribution in [0, 0.1) is 20.8 Å². The molecule has 0 aliphatic carbocycles. The smallest absolute Gasteiger partial charge is 0.0448 e. The normalized spacial score (nSPS) is 10.7. The summed E-state index contributed by atoms with van der Waals surface area (Å²) < 4.78 is 0. The fourth-order valence-electron chi connectivity index (χ4n) is 2.56. The molecule has 0 aliphatic rings. The number of hydrogen-bond donors (Lipinski definition) is 1. The molecule has 2 N–H and O–H groups in total. The molecule has 1 aromatic heterocycles. The summed E-state index contributed by atoms with van der Waals surface area (Å²) >= 11 is 0. The van der Waals surface area contributed by atoms with Crippen molar-refractivity contribution in [2.24, 2.45) is 5.73 Å². The third kappa shape index (κ3) is 2.99. The highest BCUT2D eigenvalue weighted by Crippen LogP contribution is 2.24. The molecule has 0 aliphatic heterocycles. The molecule has 2 rings (SSSR count). The van der Waals surface area contributed by atoms with Crippen LogP contribution >= 0.6 is 0 Å². The zero-order valence-corrected chi connectivity index (χ0v) is 12.8. The van der Waals surface area contributed by atoms with Crippen LogP contribution < -0.4 is 10.6 Å². The lowest BCUT2D eigenvalue weighted by molar-refractivity contribution is 0.880. The maximum absolute atomic E-state index is 5.90. The Kier molecular flexibility index (Phi) is 4.40. The average Bonchev–Trinajstić information content (AvgIpc) is 2.40. The van der Waals surface area contributed by atoms with Crippen LogP contribution in [0.2, 0.25) is 0 Å². The Labute approximate surface area is 121 Å². The van der Waals surface area contributed by atoms with Gasteiger partial charge in [-0.25, -0.2) is 0 Å². The number of hydrogen-bond acceptors (Lipinski definition) is 3. The van der Waals surface area contributed by atoms with Crippen LogP contribution in [0.1, 0.15) is 28.1 Å². The van der Waals surface area contributed by atoms with Crippen LogP contribution in [-0.4, -0.2) is 12.0 Å².